The van der Waals surface area contributed by atoms with Crippen LogP contribution in [0.25, 0.3) is 0 Å². The molecule has 10 nitrogen and oxygen atoms in total. The van der Waals surface area contributed by atoms with Gasteiger partial charge in [-0.05, 0) is 7.05 Å². The van der Waals surface area contributed by atoms with Gasteiger partial charge < -0.3 is 35.5 Å². The average Bonchev–Trinajstić information content (AvgIpc) is 2.70. The summed E-state index contributed by atoms with van der Waals surface area (Å²) in [5.41, 5.74) is -0.659. The number of rotatable bonds is 16. The molecule has 0 aliphatic rings. The molecular formula is C17H34N4O6. The summed E-state index contributed by atoms with van der Waals surface area (Å²) in [5.74, 6) is -0.309. The molecule has 0 saturated carbocycles. The highest BCUT2D eigenvalue weighted by Crippen LogP contribution is 2.09. The molecule has 0 heterocycles. The lowest BCUT2D eigenvalue weighted by Crippen LogP contribution is -2.55. The predicted molar refractivity (Wildman–Crippen MR) is 100 cm³/mol. The first kappa shape index (κ1) is 25.2. The maximum atomic E-state index is 11.3. The molecule has 0 saturated heterocycles. The first-order valence-corrected chi connectivity index (χ1v) is 8.97. The van der Waals surface area contributed by atoms with Crippen molar-refractivity contribution in [3.8, 4) is 0 Å². The summed E-state index contributed by atoms with van der Waals surface area (Å²) < 4.78 is 16.9. The van der Waals surface area contributed by atoms with Crippen molar-refractivity contribution in [1.82, 2.24) is 21.3 Å². The lowest BCUT2D eigenvalue weighted by molar-refractivity contribution is -0.122. The van der Waals surface area contributed by atoms with Gasteiger partial charge in [0.1, 0.15) is 0 Å². The minimum absolute atomic E-state index is 0.103. The molecular weight excluding hydrogens is 356 g/mol. The summed E-state index contributed by atoms with van der Waals surface area (Å²) in [6.45, 7) is 1.54. The van der Waals surface area contributed by atoms with Gasteiger partial charge in [0.25, 0.3) is 0 Å². The van der Waals surface area contributed by atoms with Gasteiger partial charge in [0, 0.05) is 40.4 Å². The molecule has 0 unspecified atom stereocenters. The van der Waals surface area contributed by atoms with Gasteiger partial charge >= 0.3 is 0 Å². The SMILES string of the molecule is CNC(=O)CCOCC(COCCC(=O)NC)(COCCC(=O)NC)NC. The van der Waals surface area contributed by atoms with Crippen LogP contribution in [-0.2, 0) is 28.6 Å². The molecule has 27 heavy (non-hydrogen) atoms. The number of ether oxygens (including phenoxy) is 3. The largest absolute Gasteiger partial charge is 0.379 e. The molecule has 10 heteroatoms. The van der Waals surface area contributed by atoms with Crippen LogP contribution >= 0.6 is 0 Å². The van der Waals surface area contributed by atoms with Crippen molar-refractivity contribution < 1.29 is 28.6 Å². The van der Waals surface area contributed by atoms with E-state index in [1.807, 2.05) is 0 Å². The van der Waals surface area contributed by atoms with E-state index in [-0.39, 0.29) is 76.6 Å². The zero-order valence-electron chi connectivity index (χ0n) is 16.8. The normalized spacial score (nSPS) is 11.1. The Balaban J connectivity index is 4.53. The van der Waals surface area contributed by atoms with Crippen LogP contribution in [0.2, 0.25) is 0 Å². The van der Waals surface area contributed by atoms with Crippen LogP contribution in [0.3, 0.4) is 0 Å². The van der Waals surface area contributed by atoms with Crippen molar-refractivity contribution >= 4 is 17.7 Å². The monoisotopic (exact) mass is 390 g/mol. The summed E-state index contributed by atoms with van der Waals surface area (Å²) in [7, 11) is 6.47. The fourth-order valence-corrected chi connectivity index (χ4v) is 2.01. The fraction of sp³-hybridized carbons (Fsp3) is 0.824. The molecule has 0 aromatic heterocycles. The smallest absolute Gasteiger partial charge is 0.222 e. The summed E-state index contributed by atoms with van der Waals surface area (Å²) in [6.07, 6.45) is 0.766. The zero-order valence-corrected chi connectivity index (χ0v) is 16.8. The Bertz CT molecular complexity index is 387. The second kappa shape index (κ2) is 15.3. The molecule has 0 rings (SSSR count). The van der Waals surface area contributed by atoms with Crippen LogP contribution < -0.4 is 21.3 Å². The highest BCUT2D eigenvalue weighted by atomic mass is 16.5. The van der Waals surface area contributed by atoms with Gasteiger partial charge in [0.2, 0.25) is 17.7 Å². The highest BCUT2D eigenvalue weighted by molar-refractivity contribution is 5.76. The highest BCUT2D eigenvalue weighted by Gasteiger charge is 2.30. The standard InChI is InChI=1S/C17H34N4O6/c1-18-14(22)5-8-25-11-17(21-4,12-26-9-6-15(23)19-2)13-27-10-7-16(24)20-3/h21H,5-13H2,1-4H3,(H,18,22)(H,19,23)(H,20,24). The first-order chi connectivity index (χ1) is 12.9. The van der Waals surface area contributed by atoms with Gasteiger partial charge in [0.05, 0.1) is 45.2 Å². The van der Waals surface area contributed by atoms with Crippen LogP contribution in [-0.4, -0.2) is 91.1 Å². The number of carbonyl (C=O) groups is 3. The van der Waals surface area contributed by atoms with Gasteiger partial charge in [-0.3, -0.25) is 14.4 Å². The van der Waals surface area contributed by atoms with E-state index in [4.69, 9.17) is 14.2 Å². The third-order valence-electron chi connectivity index (χ3n) is 3.92. The summed E-state index contributed by atoms with van der Waals surface area (Å²) >= 11 is 0. The molecule has 0 aromatic carbocycles. The third kappa shape index (κ3) is 12.3. The lowest BCUT2D eigenvalue weighted by atomic mass is 10.0. The maximum absolute atomic E-state index is 11.3. The van der Waals surface area contributed by atoms with E-state index in [0.717, 1.165) is 0 Å². The van der Waals surface area contributed by atoms with Gasteiger partial charge in [0.15, 0.2) is 0 Å². The fourth-order valence-electron chi connectivity index (χ4n) is 2.01. The number of amides is 3. The molecule has 4 N–H and O–H groups in total. The van der Waals surface area contributed by atoms with Crippen molar-refractivity contribution in [1.29, 1.82) is 0 Å². The van der Waals surface area contributed by atoms with E-state index in [2.05, 4.69) is 21.3 Å². The van der Waals surface area contributed by atoms with Crippen LogP contribution in [0, 0.1) is 0 Å². The number of hydrogen-bond acceptors (Lipinski definition) is 7. The zero-order chi connectivity index (χ0) is 20.5. The Labute approximate surface area is 161 Å². The van der Waals surface area contributed by atoms with E-state index in [9.17, 15) is 14.4 Å². The minimum atomic E-state index is -0.659. The van der Waals surface area contributed by atoms with Crippen molar-refractivity contribution in [2.45, 2.75) is 24.8 Å². The van der Waals surface area contributed by atoms with E-state index in [1.165, 1.54) is 0 Å². The van der Waals surface area contributed by atoms with Gasteiger partial charge in [-0.1, -0.05) is 0 Å². The molecule has 0 spiro atoms. The minimum Gasteiger partial charge on any atom is -0.379 e. The topological polar surface area (TPSA) is 127 Å². The van der Waals surface area contributed by atoms with Crippen LogP contribution in [0.1, 0.15) is 19.3 Å². The molecule has 0 aliphatic carbocycles. The van der Waals surface area contributed by atoms with Gasteiger partial charge in [-0.15, -0.1) is 0 Å². The van der Waals surface area contributed by atoms with E-state index < -0.39 is 5.54 Å². The predicted octanol–water partition coefficient (Wildman–Crippen LogP) is -1.60. The van der Waals surface area contributed by atoms with Crippen LogP contribution in [0.4, 0.5) is 0 Å². The molecule has 0 atom stereocenters. The average molecular weight is 390 g/mol. The number of nitrogens with one attached hydrogen (secondary N) is 4. The molecule has 0 radical (unpaired) electrons. The summed E-state index contributed by atoms with van der Waals surface area (Å²) in [4.78, 5) is 33.8. The maximum Gasteiger partial charge on any atom is 0.222 e. The van der Waals surface area contributed by atoms with Crippen molar-refractivity contribution in [3.63, 3.8) is 0 Å². The number of carbonyl (C=O) groups excluding carboxylic acids is 3. The Morgan fingerprint density at radius 3 is 1.15 bits per heavy atom. The third-order valence-corrected chi connectivity index (χ3v) is 3.92. The Kier molecular flexibility index (Phi) is 14.3. The summed E-state index contributed by atoms with van der Waals surface area (Å²) in [5, 5.41) is 10.7. The summed E-state index contributed by atoms with van der Waals surface area (Å²) in [6, 6.07) is 0. The molecule has 0 aromatic rings. The molecule has 0 fully saturated rings. The van der Waals surface area contributed by atoms with Gasteiger partial charge in [-0.25, -0.2) is 0 Å². The Morgan fingerprint density at radius 2 is 0.926 bits per heavy atom. The Hall–Kier alpha value is -1.75. The molecule has 0 aliphatic heterocycles. The van der Waals surface area contributed by atoms with E-state index in [0.29, 0.717) is 0 Å². The van der Waals surface area contributed by atoms with Crippen LogP contribution in [0.15, 0.2) is 0 Å². The molecule has 3 amide bonds. The number of hydrogen-bond donors (Lipinski definition) is 4. The lowest BCUT2D eigenvalue weighted by Gasteiger charge is -2.33. The molecule has 0 bridgehead atoms. The second-order valence-electron chi connectivity index (χ2n) is 5.96. The first-order valence-electron chi connectivity index (χ1n) is 8.97. The van der Waals surface area contributed by atoms with E-state index in [1.54, 1.807) is 28.2 Å². The number of likely N-dealkylation sites (N-methyl/N-ethyl adjacent to an activating group) is 1. The quantitative estimate of drug-likeness (QED) is 0.234. The van der Waals surface area contributed by atoms with Crippen LogP contribution in [0.5, 0.6) is 0 Å². The Morgan fingerprint density at radius 1 is 0.630 bits per heavy atom. The molecule has 158 valence electrons. The van der Waals surface area contributed by atoms with Crippen molar-refractivity contribution in [2.75, 3.05) is 67.8 Å². The van der Waals surface area contributed by atoms with Crippen molar-refractivity contribution in [2.24, 2.45) is 0 Å². The van der Waals surface area contributed by atoms with E-state index >= 15 is 0 Å². The van der Waals surface area contributed by atoms with Crippen molar-refractivity contribution in [3.05, 3.63) is 0 Å². The van der Waals surface area contributed by atoms with Gasteiger partial charge in [-0.2, -0.15) is 0 Å². The second-order valence-corrected chi connectivity index (χ2v) is 5.96.